The molecule has 1 aromatic carbocycles. The number of rotatable bonds is 7. The number of aliphatic hydroxyl groups is 1. The first-order valence-corrected chi connectivity index (χ1v) is 6.96. The number of carbonyl (C=O) groups is 1. The summed E-state index contributed by atoms with van der Waals surface area (Å²) >= 11 is 0. The Balaban J connectivity index is 0.00000211. The predicted octanol–water partition coefficient (Wildman–Crippen LogP) is 1.74. The number of aldehydes is 1. The molecule has 1 aromatic rings. The van der Waals surface area contributed by atoms with Gasteiger partial charge in [-0.05, 0) is 18.2 Å². The number of nitrogens with two attached hydrogens (primary N) is 1. The smallest absolute Gasteiger partial charge is 0.166 e. The molecule has 0 atom stereocenters. The molecule has 22 heavy (non-hydrogen) atoms. The highest BCUT2D eigenvalue weighted by Gasteiger charge is 2.03. The minimum Gasteiger partial charge on any atom is -0.508 e. The van der Waals surface area contributed by atoms with Crippen LogP contribution in [0.1, 0.15) is 25.8 Å². The fourth-order valence-electron chi connectivity index (χ4n) is 1.47. The molecular weight excluding hydrogens is 284 g/mol. The number of allylic oxidation sites excluding steroid dienone is 1. The first-order valence-electron chi connectivity index (χ1n) is 6.96. The van der Waals surface area contributed by atoms with Gasteiger partial charge in [0.1, 0.15) is 11.5 Å². The third-order valence-corrected chi connectivity index (χ3v) is 2.48. The zero-order valence-electron chi connectivity index (χ0n) is 13.2. The topological polar surface area (TPSA) is 105 Å². The van der Waals surface area contributed by atoms with Crippen LogP contribution >= 0.6 is 0 Å². The Kier molecular flexibility index (Phi) is 9.96. The molecule has 0 unspecified atom stereocenters. The maximum absolute atomic E-state index is 11.0. The van der Waals surface area contributed by atoms with Gasteiger partial charge < -0.3 is 26.0 Å². The van der Waals surface area contributed by atoms with Gasteiger partial charge in [0, 0.05) is 36.6 Å². The van der Waals surface area contributed by atoms with Gasteiger partial charge >= 0.3 is 0 Å². The lowest BCUT2D eigenvalue weighted by molar-refractivity contribution is -0.105. The van der Waals surface area contributed by atoms with E-state index in [0.29, 0.717) is 29.7 Å². The summed E-state index contributed by atoms with van der Waals surface area (Å²) in [6, 6.07) is 4.57. The molecule has 0 aliphatic carbocycles. The highest BCUT2D eigenvalue weighted by molar-refractivity contribution is 5.82. The van der Waals surface area contributed by atoms with E-state index in [2.05, 4.69) is 5.32 Å². The first kappa shape index (κ1) is 19.5. The Bertz CT molecular complexity index is 525. The van der Waals surface area contributed by atoms with Crippen molar-refractivity contribution in [1.29, 1.82) is 0 Å². The number of aliphatic hydroxyl groups excluding tert-OH is 1. The van der Waals surface area contributed by atoms with Gasteiger partial charge in [-0.2, -0.15) is 0 Å². The summed E-state index contributed by atoms with van der Waals surface area (Å²) < 4.78 is 5.11. The van der Waals surface area contributed by atoms with Crippen molar-refractivity contribution in [2.45, 2.75) is 20.3 Å². The molecule has 0 radical (unpaired) electrons. The second-order valence-corrected chi connectivity index (χ2v) is 3.98. The number of nitrogens with one attached hydrogen (secondary N) is 1. The van der Waals surface area contributed by atoms with Crippen LogP contribution in [0.25, 0.3) is 6.08 Å². The van der Waals surface area contributed by atoms with E-state index < -0.39 is 0 Å². The van der Waals surface area contributed by atoms with Gasteiger partial charge in [0.2, 0.25) is 0 Å². The van der Waals surface area contributed by atoms with Crippen molar-refractivity contribution in [3.63, 3.8) is 0 Å². The van der Waals surface area contributed by atoms with Crippen LogP contribution in [-0.4, -0.2) is 30.2 Å². The Morgan fingerprint density at radius 2 is 2.09 bits per heavy atom. The van der Waals surface area contributed by atoms with Crippen molar-refractivity contribution < 1.29 is 19.7 Å². The lowest BCUT2D eigenvalue weighted by Crippen LogP contribution is -2.11. The van der Waals surface area contributed by atoms with E-state index in [0.717, 1.165) is 0 Å². The van der Waals surface area contributed by atoms with Gasteiger partial charge in [0.05, 0.1) is 12.8 Å². The Morgan fingerprint density at radius 3 is 2.64 bits per heavy atom. The molecule has 0 heterocycles. The third-order valence-electron chi connectivity index (χ3n) is 2.48. The molecule has 0 spiro atoms. The van der Waals surface area contributed by atoms with E-state index in [1.54, 1.807) is 12.1 Å². The summed E-state index contributed by atoms with van der Waals surface area (Å²) in [6.45, 7) is 3.94. The number of benzene rings is 1. The lowest BCUT2D eigenvalue weighted by atomic mass is 10.1. The highest BCUT2D eigenvalue weighted by atomic mass is 16.5. The minimum absolute atomic E-state index is 0.0596. The van der Waals surface area contributed by atoms with Crippen molar-refractivity contribution in [1.82, 2.24) is 5.32 Å². The molecule has 6 heteroatoms. The number of phenols is 1. The fourth-order valence-corrected chi connectivity index (χ4v) is 1.47. The van der Waals surface area contributed by atoms with E-state index in [-0.39, 0.29) is 18.1 Å². The largest absolute Gasteiger partial charge is 0.508 e. The van der Waals surface area contributed by atoms with Crippen LogP contribution in [0.3, 0.4) is 0 Å². The zero-order chi connectivity index (χ0) is 17.0. The summed E-state index contributed by atoms with van der Waals surface area (Å²) in [4.78, 5) is 11.0. The molecule has 0 saturated carbocycles. The molecule has 0 aliphatic rings. The minimum atomic E-state index is -0.0596. The van der Waals surface area contributed by atoms with Crippen LogP contribution in [0, 0.1) is 0 Å². The van der Waals surface area contributed by atoms with Crippen LogP contribution in [0.2, 0.25) is 0 Å². The lowest BCUT2D eigenvalue weighted by Gasteiger charge is -2.07. The summed E-state index contributed by atoms with van der Waals surface area (Å²) in [5.41, 5.74) is 6.93. The summed E-state index contributed by atoms with van der Waals surface area (Å²) in [6.07, 6.45) is 3.97. The van der Waals surface area contributed by atoms with Gasteiger partial charge in [0.15, 0.2) is 6.29 Å². The van der Waals surface area contributed by atoms with E-state index >= 15 is 0 Å². The van der Waals surface area contributed by atoms with Gasteiger partial charge in [-0.3, -0.25) is 4.79 Å². The number of hydrogen-bond acceptors (Lipinski definition) is 6. The predicted molar refractivity (Wildman–Crippen MR) is 87.2 cm³/mol. The number of hydrogen-bond donors (Lipinski definition) is 4. The summed E-state index contributed by atoms with van der Waals surface area (Å²) in [7, 11) is 1.47. The van der Waals surface area contributed by atoms with Gasteiger partial charge in [0.25, 0.3) is 0 Å². The first-order chi connectivity index (χ1) is 10.6. The molecule has 0 aromatic heterocycles. The molecule has 122 valence electrons. The van der Waals surface area contributed by atoms with Gasteiger partial charge in [-0.15, -0.1) is 0 Å². The maximum atomic E-state index is 11.0. The molecule has 5 N–H and O–H groups in total. The van der Waals surface area contributed by atoms with Crippen LogP contribution in [0.5, 0.6) is 11.5 Å². The molecular formula is C16H24N2O4. The second kappa shape index (κ2) is 11.2. The average molecular weight is 308 g/mol. The number of phenolic OH excluding ortho intramolecular Hbond substituents is 1. The molecule has 6 nitrogen and oxygen atoms in total. The molecule has 0 fully saturated rings. The molecule has 1 rings (SSSR count). The van der Waals surface area contributed by atoms with Crippen molar-refractivity contribution >= 4 is 12.4 Å². The fraction of sp³-hybridized carbons (Fsp3) is 0.312. The molecule has 0 aliphatic heterocycles. The van der Waals surface area contributed by atoms with Crippen molar-refractivity contribution in [3.8, 4) is 11.5 Å². The van der Waals surface area contributed by atoms with Crippen LogP contribution in [0.4, 0.5) is 0 Å². The number of aromatic hydroxyl groups is 1. The van der Waals surface area contributed by atoms with E-state index in [9.17, 15) is 9.90 Å². The highest BCUT2D eigenvalue weighted by Crippen LogP contribution is 2.25. The average Bonchev–Trinajstić information content (AvgIpc) is 2.54. The third kappa shape index (κ3) is 6.81. The summed E-state index contributed by atoms with van der Waals surface area (Å²) in [5, 5.41) is 20.8. The van der Waals surface area contributed by atoms with Crippen LogP contribution < -0.4 is 15.8 Å². The van der Waals surface area contributed by atoms with E-state index in [1.165, 1.54) is 25.4 Å². The Hall–Kier alpha value is -2.47. The van der Waals surface area contributed by atoms with Gasteiger partial charge in [-0.25, -0.2) is 0 Å². The van der Waals surface area contributed by atoms with E-state index in [4.69, 9.17) is 15.6 Å². The number of methoxy groups -OCH3 is 1. The molecule has 0 bridgehead atoms. The van der Waals surface area contributed by atoms with Crippen molar-refractivity contribution in [2.75, 3.05) is 13.7 Å². The number of carbonyl (C=O) groups excluding carboxylic acids is 1. The monoisotopic (exact) mass is 308 g/mol. The molecule has 0 saturated heterocycles. The van der Waals surface area contributed by atoms with E-state index in [1.807, 2.05) is 13.8 Å². The normalized spacial score (nSPS) is 11.3. The van der Waals surface area contributed by atoms with Crippen molar-refractivity contribution in [2.24, 2.45) is 5.73 Å². The quantitative estimate of drug-likeness (QED) is 0.452. The molecule has 0 amide bonds. The number of ether oxygens (including phenoxy) is 1. The maximum Gasteiger partial charge on any atom is 0.166 e. The summed E-state index contributed by atoms with van der Waals surface area (Å²) in [5.74, 6) is 0.519. The zero-order valence-corrected chi connectivity index (χ0v) is 13.2. The van der Waals surface area contributed by atoms with Crippen LogP contribution in [0.15, 0.2) is 35.8 Å². The van der Waals surface area contributed by atoms with Crippen molar-refractivity contribution in [3.05, 3.63) is 41.4 Å². The van der Waals surface area contributed by atoms with Crippen LogP contribution in [-0.2, 0) is 4.79 Å². The second-order valence-electron chi connectivity index (χ2n) is 3.98. The Labute approximate surface area is 130 Å². The standard InChI is InChI=1S/C14H18N2O4.C2H6/c1-20-14-7-13(19)3-2-10(14)6-12(9-18)16-8-11(15)4-5-17;1-2/h2-3,6-9,16-17,19H,4-5,15H2,1H3;1-2H3/b11-8-,12-6+;. The van der Waals surface area contributed by atoms with Gasteiger partial charge in [-0.1, -0.05) is 13.8 Å². The SMILES string of the molecule is CC.COc1cc(O)ccc1/C=C(\C=O)N/C=C(\N)CCO. The Morgan fingerprint density at radius 1 is 1.41 bits per heavy atom.